The normalized spacial score (nSPS) is 29.6. The molecule has 2 heterocycles. The maximum absolute atomic E-state index is 12.1. The van der Waals surface area contributed by atoms with E-state index in [1.54, 1.807) is 16.7 Å². The lowest BCUT2D eigenvalue weighted by atomic mass is 9.89. The molecule has 5 nitrogen and oxygen atoms in total. The summed E-state index contributed by atoms with van der Waals surface area (Å²) in [7, 11) is 0. The molecule has 2 aliphatic rings. The summed E-state index contributed by atoms with van der Waals surface area (Å²) in [6.45, 7) is 0.674. The van der Waals surface area contributed by atoms with Crippen LogP contribution in [0.15, 0.2) is 0 Å². The maximum atomic E-state index is 12.1. The van der Waals surface area contributed by atoms with Gasteiger partial charge in [0, 0.05) is 18.6 Å². The van der Waals surface area contributed by atoms with Gasteiger partial charge in [-0.15, -0.1) is 0 Å². The Bertz CT molecular complexity index is 337. The zero-order valence-corrected chi connectivity index (χ0v) is 11.4. The molecule has 2 N–H and O–H groups in total. The lowest BCUT2D eigenvalue weighted by molar-refractivity contribution is -0.142. The van der Waals surface area contributed by atoms with Crippen molar-refractivity contribution >= 4 is 23.8 Å². The van der Waals surface area contributed by atoms with Crippen molar-refractivity contribution < 1.29 is 14.7 Å². The van der Waals surface area contributed by atoms with E-state index in [4.69, 9.17) is 5.11 Å². The number of hydrogen-bond donors (Lipinski definition) is 2. The van der Waals surface area contributed by atoms with E-state index in [0.717, 1.165) is 25.0 Å². The molecule has 0 aromatic heterocycles. The average Bonchev–Trinajstić information content (AvgIpc) is 2.91. The molecular formula is C12H20N2O3S. The first-order valence-corrected chi connectivity index (χ1v) is 7.82. The molecule has 2 rings (SSSR count). The Morgan fingerprint density at radius 2 is 2.22 bits per heavy atom. The van der Waals surface area contributed by atoms with Crippen molar-refractivity contribution in [3.8, 4) is 0 Å². The number of fused-ring (bicyclic) bond motifs is 2. The van der Waals surface area contributed by atoms with Crippen LogP contribution in [0.2, 0.25) is 0 Å². The van der Waals surface area contributed by atoms with Crippen molar-refractivity contribution in [2.75, 3.05) is 18.6 Å². The van der Waals surface area contributed by atoms with Gasteiger partial charge in [0.25, 0.3) is 0 Å². The number of nitrogens with zero attached hydrogens (tertiary/aromatic N) is 1. The minimum Gasteiger partial charge on any atom is -0.481 e. The second-order valence-electron chi connectivity index (χ2n) is 4.96. The summed E-state index contributed by atoms with van der Waals surface area (Å²) in [5.74, 6) is -0.0895. The Morgan fingerprint density at radius 3 is 2.83 bits per heavy atom. The summed E-state index contributed by atoms with van der Waals surface area (Å²) in [5, 5.41) is 12.0. The van der Waals surface area contributed by atoms with Crippen molar-refractivity contribution in [1.29, 1.82) is 0 Å². The van der Waals surface area contributed by atoms with Crippen LogP contribution in [0.5, 0.6) is 0 Å². The fourth-order valence-electron chi connectivity index (χ4n) is 3.07. The number of aliphatic carboxylic acids is 1. The van der Waals surface area contributed by atoms with Crippen LogP contribution in [0.1, 0.15) is 25.7 Å². The molecule has 0 saturated carbocycles. The van der Waals surface area contributed by atoms with Gasteiger partial charge in [-0.25, -0.2) is 4.79 Å². The van der Waals surface area contributed by atoms with E-state index in [1.165, 1.54) is 0 Å². The lowest BCUT2D eigenvalue weighted by Gasteiger charge is -2.23. The molecule has 18 heavy (non-hydrogen) atoms. The molecule has 0 radical (unpaired) electrons. The molecule has 0 aromatic rings. The van der Waals surface area contributed by atoms with E-state index in [0.29, 0.717) is 13.0 Å². The van der Waals surface area contributed by atoms with Gasteiger partial charge in [-0.2, -0.15) is 11.8 Å². The van der Waals surface area contributed by atoms with E-state index >= 15 is 0 Å². The van der Waals surface area contributed by atoms with Gasteiger partial charge in [-0.1, -0.05) is 0 Å². The summed E-state index contributed by atoms with van der Waals surface area (Å²) < 4.78 is 0. The van der Waals surface area contributed by atoms with Crippen molar-refractivity contribution in [3.05, 3.63) is 0 Å². The number of nitrogens with one attached hydrogen (secondary N) is 1. The minimum atomic E-state index is -0.762. The molecule has 2 fully saturated rings. The van der Waals surface area contributed by atoms with Crippen molar-refractivity contribution in [3.63, 3.8) is 0 Å². The van der Waals surface area contributed by atoms with Crippen molar-refractivity contribution in [1.82, 2.24) is 10.2 Å². The number of hydrogen-bond acceptors (Lipinski definition) is 3. The first-order chi connectivity index (χ1) is 8.65. The average molecular weight is 272 g/mol. The topological polar surface area (TPSA) is 69.6 Å². The van der Waals surface area contributed by atoms with Gasteiger partial charge in [0.15, 0.2) is 0 Å². The van der Waals surface area contributed by atoms with Crippen molar-refractivity contribution in [2.45, 2.75) is 37.8 Å². The molecule has 6 heteroatoms. The first-order valence-electron chi connectivity index (χ1n) is 6.43. The fraction of sp³-hybridized carbons (Fsp3) is 0.833. The summed E-state index contributed by atoms with van der Waals surface area (Å²) in [4.78, 5) is 24.9. The smallest absolute Gasteiger partial charge is 0.317 e. The standard InChI is InChI=1S/C12H20N2O3S/c1-18-6-2-5-13-12(17)14-8-3-4-10(14)9(7-8)11(15)16/h8-10H,2-7H2,1H3,(H,13,17)(H,15,16). The Hall–Kier alpha value is -0.910. The highest BCUT2D eigenvalue weighted by atomic mass is 32.2. The van der Waals surface area contributed by atoms with Crippen LogP contribution in [0.25, 0.3) is 0 Å². The lowest BCUT2D eigenvalue weighted by Crippen LogP contribution is -2.44. The van der Waals surface area contributed by atoms with Crippen LogP contribution in [0.3, 0.4) is 0 Å². The quantitative estimate of drug-likeness (QED) is 0.742. The molecule has 2 saturated heterocycles. The van der Waals surface area contributed by atoms with E-state index in [9.17, 15) is 9.59 Å². The van der Waals surface area contributed by atoms with Crippen LogP contribution in [-0.4, -0.2) is 52.6 Å². The number of carboxylic acids is 1. The van der Waals surface area contributed by atoms with Gasteiger partial charge in [0.05, 0.1) is 5.92 Å². The largest absolute Gasteiger partial charge is 0.481 e. The third-order valence-corrected chi connectivity index (χ3v) is 4.59. The predicted octanol–water partition coefficient (Wildman–Crippen LogP) is 1.39. The molecule has 102 valence electrons. The molecule has 3 unspecified atom stereocenters. The molecule has 2 aliphatic heterocycles. The highest BCUT2D eigenvalue weighted by Crippen LogP contribution is 2.41. The zero-order chi connectivity index (χ0) is 13.1. The highest BCUT2D eigenvalue weighted by molar-refractivity contribution is 7.98. The third kappa shape index (κ3) is 2.58. The number of rotatable bonds is 5. The summed E-state index contributed by atoms with van der Waals surface area (Å²) in [6, 6.07) is -0.0305. The van der Waals surface area contributed by atoms with Crippen LogP contribution < -0.4 is 5.32 Å². The van der Waals surface area contributed by atoms with Crippen LogP contribution in [0.4, 0.5) is 4.79 Å². The molecular weight excluding hydrogens is 252 g/mol. The van der Waals surface area contributed by atoms with Gasteiger partial charge in [-0.3, -0.25) is 4.79 Å². The molecule has 3 atom stereocenters. The van der Waals surface area contributed by atoms with Gasteiger partial charge in [0.1, 0.15) is 0 Å². The Balaban J connectivity index is 1.86. The van der Waals surface area contributed by atoms with Crippen molar-refractivity contribution in [2.24, 2.45) is 5.92 Å². The highest BCUT2D eigenvalue weighted by Gasteiger charge is 2.51. The number of urea groups is 1. The number of amides is 2. The monoisotopic (exact) mass is 272 g/mol. The molecule has 0 spiro atoms. The van der Waals surface area contributed by atoms with E-state index in [-0.39, 0.29) is 24.0 Å². The second-order valence-corrected chi connectivity index (χ2v) is 5.95. The second kappa shape index (κ2) is 5.82. The SMILES string of the molecule is CSCCCNC(=O)N1C2CCC1C(C(=O)O)C2. The summed E-state index contributed by atoms with van der Waals surface area (Å²) in [5.41, 5.74) is 0. The van der Waals surface area contributed by atoms with E-state index in [1.807, 2.05) is 6.26 Å². The Kier molecular flexibility index (Phi) is 4.37. The number of carbonyl (C=O) groups excluding carboxylic acids is 1. The van der Waals surface area contributed by atoms with Gasteiger partial charge in [-0.05, 0) is 37.7 Å². The van der Waals surface area contributed by atoms with Crippen LogP contribution >= 0.6 is 11.8 Å². The predicted molar refractivity (Wildman–Crippen MR) is 70.8 cm³/mol. The van der Waals surface area contributed by atoms with E-state index in [2.05, 4.69) is 5.32 Å². The fourth-order valence-corrected chi connectivity index (χ4v) is 3.51. The zero-order valence-electron chi connectivity index (χ0n) is 10.6. The molecule has 0 aromatic carbocycles. The summed E-state index contributed by atoms with van der Waals surface area (Å²) >= 11 is 1.76. The molecule has 2 amide bonds. The minimum absolute atomic E-state index is 0.0765. The Morgan fingerprint density at radius 1 is 1.44 bits per heavy atom. The van der Waals surface area contributed by atoms with Gasteiger partial charge >= 0.3 is 12.0 Å². The molecule has 2 bridgehead atoms. The number of carboxylic acid groups (broad SMARTS) is 1. The van der Waals surface area contributed by atoms with Crippen LogP contribution in [-0.2, 0) is 4.79 Å². The van der Waals surface area contributed by atoms with E-state index < -0.39 is 5.97 Å². The number of thioether (sulfide) groups is 1. The van der Waals surface area contributed by atoms with Gasteiger partial charge < -0.3 is 15.3 Å². The van der Waals surface area contributed by atoms with Crippen LogP contribution in [0, 0.1) is 5.92 Å². The first kappa shape index (κ1) is 13.5. The summed E-state index contributed by atoms with van der Waals surface area (Å²) in [6.07, 6.45) is 5.41. The van der Waals surface area contributed by atoms with Gasteiger partial charge in [0.2, 0.25) is 0 Å². The third-order valence-electron chi connectivity index (χ3n) is 3.89. The number of carbonyl (C=O) groups is 2. The Labute approximate surface area is 111 Å². The molecule has 0 aliphatic carbocycles. The maximum Gasteiger partial charge on any atom is 0.317 e.